The molecule has 0 heterocycles. The molecule has 2 heteroatoms. The van der Waals surface area contributed by atoms with Gasteiger partial charge in [0.05, 0.1) is 6.10 Å². The van der Waals surface area contributed by atoms with Gasteiger partial charge in [-0.15, -0.1) is 0 Å². The molecule has 0 bridgehead atoms. The summed E-state index contributed by atoms with van der Waals surface area (Å²) in [4.78, 5) is 2.23. The lowest BCUT2D eigenvalue weighted by Crippen LogP contribution is -2.32. The molecule has 0 saturated carbocycles. The Morgan fingerprint density at radius 3 is 2.11 bits per heavy atom. The zero-order valence-corrected chi connectivity index (χ0v) is 12.6. The lowest BCUT2D eigenvalue weighted by molar-refractivity contribution is 0.106. The molecule has 0 fully saturated rings. The van der Waals surface area contributed by atoms with E-state index in [2.05, 4.69) is 58.7 Å². The van der Waals surface area contributed by atoms with Gasteiger partial charge in [0.1, 0.15) is 0 Å². The quantitative estimate of drug-likeness (QED) is 0.865. The first-order chi connectivity index (χ1) is 8.36. The van der Waals surface area contributed by atoms with Crippen molar-refractivity contribution in [2.24, 2.45) is 0 Å². The molecule has 0 aliphatic carbocycles. The van der Waals surface area contributed by atoms with Crippen molar-refractivity contribution < 1.29 is 5.11 Å². The van der Waals surface area contributed by atoms with Crippen LogP contribution in [0.2, 0.25) is 0 Å². The number of aryl methyl sites for hydroxylation is 3. The number of aliphatic hydroxyl groups is 1. The Bertz CT molecular complexity index is 377. The van der Waals surface area contributed by atoms with Gasteiger partial charge in [-0.25, -0.2) is 0 Å². The van der Waals surface area contributed by atoms with Crippen LogP contribution in [0.25, 0.3) is 0 Å². The van der Waals surface area contributed by atoms with E-state index in [4.69, 9.17) is 0 Å². The zero-order chi connectivity index (χ0) is 13.9. The number of hydrogen-bond donors (Lipinski definition) is 1. The van der Waals surface area contributed by atoms with E-state index in [0.717, 1.165) is 12.0 Å². The molecule has 2 unspecified atom stereocenters. The molecule has 1 rings (SSSR count). The molecule has 18 heavy (non-hydrogen) atoms. The first-order valence-electron chi connectivity index (χ1n) is 6.82. The Balaban J connectivity index is 2.88. The van der Waals surface area contributed by atoms with E-state index in [0.29, 0.717) is 12.6 Å². The van der Waals surface area contributed by atoms with Crippen LogP contribution in [0.15, 0.2) is 12.1 Å². The Labute approximate surface area is 112 Å². The second-order valence-electron chi connectivity index (χ2n) is 5.53. The maximum Gasteiger partial charge on any atom is 0.0922 e. The molecule has 2 nitrogen and oxygen atoms in total. The van der Waals surface area contributed by atoms with Crippen molar-refractivity contribution in [2.45, 2.75) is 53.2 Å². The third-order valence-corrected chi connectivity index (χ3v) is 3.88. The Morgan fingerprint density at radius 2 is 1.67 bits per heavy atom. The predicted octanol–water partition coefficient (Wildman–Crippen LogP) is 3.38. The summed E-state index contributed by atoms with van der Waals surface area (Å²) in [6.45, 7) is 11.3. The van der Waals surface area contributed by atoms with Crippen molar-refractivity contribution in [3.05, 3.63) is 34.4 Å². The number of benzene rings is 1. The minimum Gasteiger partial charge on any atom is -0.387 e. The summed E-state index contributed by atoms with van der Waals surface area (Å²) in [5, 5.41) is 10.4. The monoisotopic (exact) mass is 249 g/mol. The van der Waals surface area contributed by atoms with Gasteiger partial charge in [-0.05, 0) is 57.9 Å². The molecule has 2 atom stereocenters. The topological polar surface area (TPSA) is 23.5 Å². The first-order valence-corrected chi connectivity index (χ1v) is 6.82. The van der Waals surface area contributed by atoms with E-state index in [1.807, 2.05) is 0 Å². The lowest BCUT2D eigenvalue weighted by atomic mass is 9.95. The Kier molecular flexibility index (Phi) is 5.36. The molecule has 1 aromatic carbocycles. The fourth-order valence-electron chi connectivity index (χ4n) is 2.57. The number of hydrogen-bond acceptors (Lipinski definition) is 2. The van der Waals surface area contributed by atoms with E-state index in [1.54, 1.807) is 0 Å². The molecule has 0 aromatic heterocycles. The average molecular weight is 249 g/mol. The molecule has 1 N–H and O–H groups in total. The van der Waals surface area contributed by atoms with Gasteiger partial charge in [0, 0.05) is 12.6 Å². The van der Waals surface area contributed by atoms with Crippen molar-refractivity contribution in [2.75, 3.05) is 13.6 Å². The number of aliphatic hydroxyl groups excluding tert-OH is 1. The van der Waals surface area contributed by atoms with Crippen LogP contribution in [0.5, 0.6) is 0 Å². The van der Waals surface area contributed by atoms with Gasteiger partial charge in [-0.2, -0.15) is 0 Å². The van der Waals surface area contributed by atoms with E-state index < -0.39 is 6.10 Å². The molecule has 0 amide bonds. The zero-order valence-electron chi connectivity index (χ0n) is 12.6. The van der Waals surface area contributed by atoms with Crippen LogP contribution in [0.3, 0.4) is 0 Å². The van der Waals surface area contributed by atoms with Crippen molar-refractivity contribution >= 4 is 0 Å². The van der Waals surface area contributed by atoms with Crippen molar-refractivity contribution in [3.63, 3.8) is 0 Å². The van der Waals surface area contributed by atoms with Gasteiger partial charge < -0.3 is 10.0 Å². The molecule has 0 aliphatic heterocycles. The predicted molar refractivity (Wildman–Crippen MR) is 78.0 cm³/mol. The van der Waals surface area contributed by atoms with E-state index in [1.165, 1.54) is 16.7 Å². The Morgan fingerprint density at radius 1 is 1.17 bits per heavy atom. The minimum absolute atomic E-state index is 0.399. The van der Waals surface area contributed by atoms with Crippen LogP contribution in [0.1, 0.15) is 48.6 Å². The SMILES string of the molecule is CCC(C)N(C)CC(O)c1c(C)cc(C)cc1C. The molecule has 0 saturated heterocycles. The summed E-state index contributed by atoms with van der Waals surface area (Å²) in [5.74, 6) is 0. The fourth-order valence-corrected chi connectivity index (χ4v) is 2.57. The van der Waals surface area contributed by atoms with Crippen LogP contribution in [0, 0.1) is 20.8 Å². The summed E-state index contributed by atoms with van der Waals surface area (Å²) in [6, 6.07) is 4.80. The third-order valence-electron chi connectivity index (χ3n) is 3.88. The fraction of sp³-hybridized carbons (Fsp3) is 0.625. The molecule has 0 spiro atoms. The molecule has 102 valence electrons. The normalized spacial score (nSPS) is 14.9. The standard InChI is InChI=1S/C16H27NO/c1-7-14(5)17(6)10-15(18)16-12(3)8-11(2)9-13(16)4/h8-9,14-15,18H,7,10H2,1-6H3. The van der Waals surface area contributed by atoms with Gasteiger partial charge in [0.2, 0.25) is 0 Å². The second kappa shape index (κ2) is 6.35. The lowest BCUT2D eigenvalue weighted by Gasteiger charge is -2.27. The highest BCUT2D eigenvalue weighted by atomic mass is 16.3. The van der Waals surface area contributed by atoms with Gasteiger partial charge in [0.25, 0.3) is 0 Å². The van der Waals surface area contributed by atoms with Crippen LogP contribution in [-0.4, -0.2) is 29.6 Å². The van der Waals surface area contributed by atoms with Crippen LogP contribution in [0.4, 0.5) is 0 Å². The van der Waals surface area contributed by atoms with E-state index in [-0.39, 0.29) is 0 Å². The first kappa shape index (κ1) is 15.2. The van der Waals surface area contributed by atoms with E-state index >= 15 is 0 Å². The summed E-state index contributed by atoms with van der Waals surface area (Å²) >= 11 is 0. The smallest absolute Gasteiger partial charge is 0.0922 e. The van der Waals surface area contributed by atoms with Crippen LogP contribution < -0.4 is 0 Å². The highest BCUT2D eigenvalue weighted by Gasteiger charge is 2.17. The highest BCUT2D eigenvalue weighted by molar-refractivity contribution is 5.39. The maximum atomic E-state index is 10.4. The largest absolute Gasteiger partial charge is 0.387 e. The minimum atomic E-state index is -0.399. The highest BCUT2D eigenvalue weighted by Crippen LogP contribution is 2.24. The van der Waals surface area contributed by atoms with E-state index in [9.17, 15) is 5.11 Å². The summed E-state index contributed by atoms with van der Waals surface area (Å²) in [7, 11) is 2.08. The third kappa shape index (κ3) is 3.56. The summed E-state index contributed by atoms with van der Waals surface area (Å²) in [6.07, 6.45) is 0.708. The number of rotatable bonds is 5. The Hall–Kier alpha value is -0.860. The van der Waals surface area contributed by atoms with Crippen molar-refractivity contribution in [3.8, 4) is 0 Å². The molecule has 0 aliphatic rings. The molecular weight excluding hydrogens is 222 g/mol. The molecule has 0 radical (unpaired) electrons. The van der Waals surface area contributed by atoms with Crippen LogP contribution >= 0.6 is 0 Å². The van der Waals surface area contributed by atoms with Crippen LogP contribution in [-0.2, 0) is 0 Å². The average Bonchev–Trinajstić information content (AvgIpc) is 2.26. The number of nitrogens with zero attached hydrogens (tertiary/aromatic N) is 1. The van der Waals surface area contributed by atoms with Gasteiger partial charge in [-0.3, -0.25) is 0 Å². The number of likely N-dealkylation sites (N-methyl/N-ethyl adjacent to an activating group) is 1. The summed E-state index contributed by atoms with van der Waals surface area (Å²) < 4.78 is 0. The summed E-state index contributed by atoms with van der Waals surface area (Å²) in [5.41, 5.74) is 4.74. The van der Waals surface area contributed by atoms with Crippen molar-refractivity contribution in [1.29, 1.82) is 0 Å². The van der Waals surface area contributed by atoms with Gasteiger partial charge in [-0.1, -0.05) is 24.6 Å². The molecular formula is C16H27NO. The van der Waals surface area contributed by atoms with Gasteiger partial charge >= 0.3 is 0 Å². The maximum absolute atomic E-state index is 10.4. The molecule has 1 aromatic rings. The van der Waals surface area contributed by atoms with Crippen molar-refractivity contribution in [1.82, 2.24) is 4.90 Å². The second-order valence-corrected chi connectivity index (χ2v) is 5.53. The van der Waals surface area contributed by atoms with Gasteiger partial charge in [0.15, 0.2) is 0 Å².